The van der Waals surface area contributed by atoms with E-state index in [1.54, 1.807) is 0 Å². The molecular weight excluding hydrogens is 236 g/mol. The van der Waals surface area contributed by atoms with Gasteiger partial charge in [0, 0.05) is 18.5 Å². The summed E-state index contributed by atoms with van der Waals surface area (Å²) in [6.07, 6.45) is 2.33. The van der Waals surface area contributed by atoms with Crippen molar-refractivity contribution in [1.82, 2.24) is 4.98 Å². The molecule has 19 heavy (non-hydrogen) atoms. The van der Waals surface area contributed by atoms with Crippen molar-refractivity contribution in [2.45, 2.75) is 33.3 Å². The highest BCUT2D eigenvalue weighted by Crippen LogP contribution is 2.26. The van der Waals surface area contributed by atoms with Crippen molar-refractivity contribution >= 4 is 16.6 Å². The van der Waals surface area contributed by atoms with Crippen LogP contribution >= 0.6 is 0 Å². The molecule has 0 saturated heterocycles. The summed E-state index contributed by atoms with van der Waals surface area (Å²) in [5, 5.41) is 11.7. The summed E-state index contributed by atoms with van der Waals surface area (Å²) >= 11 is 0. The Morgan fingerprint density at radius 3 is 2.68 bits per heavy atom. The van der Waals surface area contributed by atoms with Gasteiger partial charge in [-0.1, -0.05) is 37.6 Å². The minimum atomic E-state index is -0.0107. The lowest BCUT2D eigenvalue weighted by atomic mass is 10.1. The van der Waals surface area contributed by atoms with Crippen LogP contribution in [0, 0.1) is 0 Å². The van der Waals surface area contributed by atoms with E-state index in [0.29, 0.717) is 0 Å². The monoisotopic (exact) mass is 258 g/mol. The first-order chi connectivity index (χ1) is 9.30. The minimum absolute atomic E-state index is 0.0107. The molecule has 0 atom stereocenters. The number of aliphatic hydroxyl groups excluding tert-OH is 1. The zero-order valence-corrected chi connectivity index (χ0v) is 11.8. The van der Waals surface area contributed by atoms with Gasteiger partial charge in [0.1, 0.15) is 5.82 Å². The van der Waals surface area contributed by atoms with E-state index in [4.69, 9.17) is 0 Å². The molecule has 0 amide bonds. The molecule has 0 spiro atoms. The first-order valence-electron chi connectivity index (χ1n) is 7.04. The Hall–Kier alpha value is -1.61. The van der Waals surface area contributed by atoms with Crippen molar-refractivity contribution in [2.24, 2.45) is 0 Å². The Morgan fingerprint density at radius 2 is 2.00 bits per heavy atom. The predicted octanol–water partition coefficient (Wildman–Crippen LogP) is 3.35. The highest BCUT2D eigenvalue weighted by Gasteiger charge is 2.11. The van der Waals surface area contributed by atoms with Crippen LogP contribution in [0.1, 0.15) is 32.4 Å². The van der Waals surface area contributed by atoms with Gasteiger partial charge >= 0.3 is 0 Å². The number of unbranched alkanes of at least 4 members (excludes halogenated alkanes) is 1. The molecule has 0 aliphatic heterocycles. The summed E-state index contributed by atoms with van der Waals surface area (Å²) in [5.74, 6) is 0.998. The van der Waals surface area contributed by atoms with E-state index in [1.807, 2.05) is 18.2 Å². The number of anilines is 1. The fraction of sp³-hybridized carbons (Fsp3) is 0.438. The van der Waals surface area contributed by atoms with Crippen LogP contribution in [0.4, 0.5) is 5.82 Å². The van der Waals surface area contributed by atoms with Gasteiger partial charge in [-0.05, 0) is 24.8 Å². The molecule has 0 aliphatic rings. The average molecular weight is 258 g/mol. The lowest BCUT2D eigenvalue weighted by molar-refractivity contribution is 0.277. The zero-order valence-electron chi connectivity index (χ0n) is 11.8. The van der Waals surface area contributed by atoms with Crippen molar-refractivity contribution in [1.29, 1.82) is 0 Å². The van der Waals surface area contributed by atoms with Gasteiger partial charge in [0.15, 0.2) is 0 Å². The number of pyridine rings is 1. The maximum atomic E-state index is 9.37. The van der Waals surface area contributed by atoms with Crippen LogP contribution in [0.15, 0.2) is 30.3 Å². The number of benzene rings is 1. The van der Waals surface area contributed by atoms with E-state index in [1.165, 1.54) is 6.42 Å². The lowest BCUT2D eigenvalue weighted by Gasteiger charge is -2.24. The standard InChI is InChI=1S/C16H22N2O/c1-3-5-10-18(4-2)16-15-9-7-6-8-13(15)11-14(12-19)17-16/h6-9,11,19H,3-5,10,12H2,1-2H3. The van der Waals surface area contributed by atoms with Crippen LogP contribution in [0.3, 0.4) is 0 Å². The predicted molar refractivity (Wildman–Crippen MR) is 80.5 cm³/mol. The molecule has 0 unspecified atom stereocenters. The fourth-order valence-electron chi connectivity index (χ4n) is 2.32. The Kier molecular flexibility index (Phi) is 4.74. The van der Waals surface area contributed by atoms with Gasteiger partial charge in [-0.25, -0.2) is 4.98 Å². The molecule has 3 heteroatoms. The van der Waals surface area contributed by atoms with Crippen LogP contribution in [0.5, 0.6) is 0 Å². The third-order valence-electron chi connectivity index (χ3n) is 3.40. The maximum absolute atomic E-state index is 9.37. The Bertz CT molecular complexity index is 539. The summed E-state index contributed by atoms with van der Waals surface area (Å²) in [5.41, 5.74) is 0.739. The van der Waals surface area contributed by atoms with Crippen molar-refractivity contribution in [2.75, 3.05) is 18.0 Å². The molecule has 1 aromatic heterocycles. The zero-order chi connectivity index (χ0) is 13.7. The largest absolute Gasteiger partial charge is 0.390 e. The topological polar surface area (TPSA) is 36.4 Å². The van der Waals surface area contributed by atoms with E-state index in [0.717, 1.165) is 41.8 Å². The second kappa shape index (κ2) is 6.53. The number of fused-ring (bicyclic) bond motifs is 1. The third kappa shape index (κ3) is 3.04. The van der Waals surface area contributed by atoms with E-state index in [2.05, 4.69) is 35.9 Å². The second-order valence-electron chi connectivity index (χ2n) is 4.75. The van der Waals surface area contributed by atoms with E-state index in [-0.39, 0.29) is 6.61 Å². The van der Waals surface area contributed by atoms with Crippen LogP contribution in [0.2, 0.25) is 0 Å². The average Bonchev–Trinajstić information content (AvgIpc) is 2.47. The van der Waals surface area contributed by atoms with Gasteiger partial charge in [-0.3, -0.25) is 0 Å². The normalized spacial score (nSPS) is 10.9. The summed E-state index contributed by atoms with van der Waals surface area (Å²) in [6, 6.07) is 10.2. The molecule has 102 valence electrons. The highest BCUT2D eigenvalue weighted by molar-refractivity contribution is 5.92. The Balaban J connectivity index is 2.49. The molecule has 0 aliphatic carbocycles. The van der Waals surface area contributed by atoms with Crippen molar-refractivity contribution < 1.29 is 5.11 Å². The Morgan fingerprint density at radius 1 is 1.21 bits per heavy atom. The molecule has 0 radical (unpaired) electrons. The number of aliphatic hydroxyl groups is 1. The van der Waals surface area contributed by atoms with Crippen LogP contribution in [0.25, 0.3) is 10.8 Å². The molecule has 3 nitrogen and oxygen atoms in total. The summed E-state index contributed by atoms with van der Waals surface area (Å²) < 4.78 is 0. The smallest absolute Gasteiger partial charge is 0.136 e. The maximum Gasteiger partial charge on any atom is 0.136 e. The van der Waals surface area contributed by atoms with Crippen molar-refractivity contribution in [3.05, 3.63) is 36.0 Å². The van der Waals surface area contributed by atoms with Gasteiger partial charge in [0.25, 0.3) is 0 Å². The second-order valence-corrected chi connectivity index (χ2v) is 4.75. The summed E-state index contributed by atoms with van der Waals surface area (Å²) in [7, 11) is 0. The minimum Gasteiger partial charge on any atom is -0.390 e. The molecule has 1 heterocycles. The number of aromatic nitrogens is 1. The molecule has 1 N–H and O–H groups in total. The van der Waals surface area contributed by atoms with Gasteiger partial charge in [-0.15, -0.1) is 0 Å². The molecule has 0 fully saturated rings. The van der Waals surface area contributed by atoms with E-state index >= 15 is 0 Å². The molecule has 2 aromatic rings. The molecular formula is C16H22N2O. The molecule has 0 saturated carbocycles. The van der Waals surface area contributed by atoms with Crippen LogP contribution < -0.4 is 4.90 Å². The number of rotatable bonds is 6. The number of hydrogen-bond acceptors (Lipinski definition) is 3. The molecule has 2 rings (SSSR count). The number of hydrogen-bond donors (Lipinski definition) is 1. The van der Waals surface area contributed by atoms with Crippen molar-refractivity contribution in [3.63, 3.8) is 0 Å². The first kappa shape index (κ1) is 13.8. The SMILES string of the molecule is CCCCN(CC)c1nc(CO)cc2ccccc12. The van der Waals surface area contributed by atoms with Crippen LogP contribution in [-0.4, -0.2) is 23.2 Å². The lowest BCUT2D eigenvalue weighted by Crippen LogP contribution is -2.25. The molecule has 1 aromatic carbocycles. The van der Waals surface area contributed by atoms with Gasteiger partial charge in [-0.2, -0.15) is 0 Å². The van der Waals surface area contributed by atoms with E-state index in [9.17, 15) is 5.11 Å². The van der Waals surface area contributed by atoms with E-state index < -0.39 is 0 Å². The first-order valence-corrected chi connectivity index (χ1v) is 7.04. The van der Waals surface area contributed by atoms with Crippen molar-refractivity contribution in [3.8, 4) is 0 Å². The van der Waals surface area contributed by atoms with Gasteiger partial charge in [0.2, 0.25) is 0 Å². The van der Waals surface area contributed by atoms with Crippen LogP contribution in [-0.2, 0) is 6.61 Å². The third-order valence-corrected chi connectivity index (χ3v) is 3.40. The van der Waals surface area contributed by atoms with Gasteiger partial charge in [0.05, 0.1) is 12.3 Å². The fourth-order valence-corrected chi connectivity index (χ4v) is 2.32. The molecule has 0 bridgehead atoms. The summed E-state index contributed by atoms with van der Waals surface area (Å²) in [4.78, 5) is 6.92. The quantitative estimate of drug-likeness (QED) is 0.863. The highest BCUT2D eigenvalue weighted by atomic mass is 16.3. The summed E-state index contributed by atoms with van der Waals surface area (Å²) in [6.45, 7) is 6.29. The van der Waals surface area contributed by atoms with Gasteiger partial charge < -0.3 is 10.0 Å². The number of nitrogens with zero attached hydrogens (tertiary/aromatic N) is 2. The Labute approximate surface area is 114 Å².